The van der Waals surface area contributed by atoms with E-state index in [2.05, 4.69) is 40.9 Å². The zero-order chi connectivity index (χ0) is 12.7. The van der Waals surface area contributed by atoms with Gasteiger partial charge in [0.25, 0.3) is 0 Å². The second-order valence-electron chi connectivity index (χ2n) is 4.73. The Labute approximate surface area is 105 Å². The topological polar surface area (TPSA) is 64.7 Å². The molecule has 0 atom stereocenters. The molecule has 1 aromatic carbocycles. The lowest BCUT2D eigenvalue weighted by Gasteiger charge is -2.07. The summed E-state index contributed by atoms with van der Waals surface area (Å²) in [5.41, 5.74) is 8.73. The van der Waals surface area contributed by atoms with Crippen molar-refractivity contribution >= 4 is 27.8 Å². The van der Waals surface area contributed by atoms with Crippen LogP contribution in [0.15, 0.2) is 30.6 Å². The van der Waals surface area contributed by atoms with E-state index in [1.807, 2.05) is 12.1 Å². The van der Waals surface area contributed by atoms with E-state index in [1.54, 1.807) is 0 Å². The van der Waals surface area contributed by atoms with Crippen molar-refractivity contribution in [1.82, 2.24) is 15.0 Å². The van der Waals surface area contributed by atoms with Crippen LogP contribution in [-0.4, -0.2) is 15.0 Å². The molecule has 0 spiro atoms. The molecule has 0 saturated heterocycles. The van der Waals surface area contributed by atoms with Gasteiger partial charge in [-0.25, -0.2) is 15.0 Å². The average molecular weight is 238 g/mol. The molecule has 3 rings (SSSR count). The molecule has 4 heteroatoms. The second-order valence-corrected chi connectivity index (χ2v) is 4.73. The van der Waals surface area contributed by atoms with Crippen LogP contribution in [0, 0.1) is 0 Å². The first-order chi connectivity index (χ1) is 8.65. The molecule has 0 amide bonds. The van der Waals surface area contributed by atoms with E-state index in [0.29, 0.717) is 17.4 Å². The zero-order valence-electron chi connectivity index (χ0n) is 10.4. The Morgan fingerprint density at radius 3 is 2.72 bits per heavy atom. The lowest BCUT2D eigenvalue weighted by molar-refractivity contribution is 0.868. The van der Waals surface area contributed by atoms with E-state index in [-0.39, 0.29) is 0 Å². The van der Waals surface area contributed by atoms with E-state index in [4.69, 9.17) is 5.73 Å². The van der Waals surface area contributed by atoms with E-state index < -0.39 is 0 Å². The third-order valence-corrected chi connectivity index (χ3v) is 3.14. The zero-order valence-corrected chi connectivity index (χ0v) is 10.4. The fourth-order valence-electron chi connectivity index (χ4n) is 2.05. The average Bonchev–Trinajstić information content (AvgIpc) is 2.36. The van der Waals surface area contributed by atoms with Crippen molar-refractivity contribution < 1.29 is 0 Å². The summed E-state index contributed by atoms with van der Waals surface area (Å²) in [4.78, 5) is 12.7. The van der Waals surface area contributed by atoms with E-state index in [9.17, 15) is 0 Å². The van der Waals surface area contributed by atoms with Crippen molar-refractivity contribution in [2.45, 2.75) is 19.8 Å². The highest BCUT2D eigenvalue weighted by Gasteiger charge is 2.06. The molecular weight excluding hydrogens is 224 g/mol. The molecule has 0 fully saturated rings. The van der Waals surface area contributed by atoms with Gasteiger partial charge in [0.05, 0.1) is 10.9 Å². The molecule has 0 saturated carbocycles. The number of nitrogens with zero attached hydrogens (tertiary/aromatic N) is 3. The number of rotatable bonds is 1. The highest BCUT2D eigenvalue weighted by molar-refractivity contribution is 5.95. The summed E-state index contributed by atoms with van der Waals surface area (Å²) in [5.74, 6) is 0.971. The van der Waals surface area contributed by atoms with E-state index in [1.165, 1.54) is 11.9 Å². The Bertz CT molecular complexity index is 734. The van der Waals surface area contributed by atoms with Crippen molar-refractivity contribution in [2.24, 2.45) is 0 Å². The van der Waals surface area contributed by atoms with E-state index >= 15 is 0 Å². The Hall–Kier alpha value is -2.23. The molecule has 0 aliphatic rings. The smallest absolute Gasteiger partial charge is 0.165 e. The second kappa shape index (κ2) is 3.91. The van der Waals surface area contributed by atoms with Gasteiger partial charge in [-0.3, -0.25) is 0 Å². The van der Waals surface area contributed by atoms with Gasteiger partial charge in [-0.2, -0.15) is 0 Å². The molecule has 3 aromatic rings. The van der Waals surface area contributed by atoms with Crippen LogP contribution in [0.1, 0.15) is 25.3 Å². The third-order valence-electron chi connectivity index (χ3n) is 3.14. The van der Waals surface area contributed by atoms with E-state index in [0.717, 1.165) is 16.3 Å². The van der Waals surface area contributed by atoms with Crippen molar-refractivity contribution in [3.63, 3.8) is 0 Å². The van der Waals surface area contributed by atoms with Crippen molar-refractivity contribution in [2.75, 3.05) is 5.73 Å². The predicted octanol–water partition coefficient (Wildman–Crippen LogP) is 2.88. The summed E-state index contributed by atoms with van der Waals surface area (Å²) < 4.78 is 0. The lowest BCUT2D eigenvalue weighted by Crippen LogP contribution is -1.95. The number of hydrogen-bond acceptors (Lipinski definition) is 4. The van der Waals surface area contributed by atoms with Crippen LogP contribution in [-0.2, 0) is 0 Å². The largest absolute Gasteiger partial charge is 0.383 e. The summed E-state index contributed by atoms with van der Waals surface area (Å²) in [5, 5.41) is 1.89. The maximum atomic E-state index is 5.85. The van der Waals surface area contributed by atoms with Gasteiger partial charge in [0, 0.05) is 5.39 Å². The quantitative estimate of drug-likeness (QED) is 0.662. The normalized spacial score (nSPS) is 11.5. The van der Waals surface area contributed by atoms with Crippen LogP contribution >= 0.6 is 0 Å². The van der Waals surface area contributed by atoms with Gasteiger partial charge in [-0.1, -0.05) is 19.9 Å². The highest BCUT2D eigenvalue weighted by atomic mass is 15.0. The van der Waals surface area contributed by atoms with Crippen LogP contribution < -0.4 is 5.73 Å². The Balaban J connectivity index is 2.35. The van der Waals surface area contributed by atoms with Crippen LogP contribution in [0.25, 0.3) is 21.9 Å². The van der Waals surface area contributed by atoms with Crippen molar-refractivity contribution in [3.8, 4) is 0 Å². The number of pyridine rings is 1. The first-order valence-electron chi connectivity index (χ1n) is 5.96. The number of nitrogen functional groups attached to an aromatic ring is 1. The minimum absolute atomic E-state index is 0.476. The molecule has 0 unspecified atom stereocenters. The number of benzene rings is 1. The lowest BCUT2D eigenvalue weighted by atomic mass is 10.0. The van der Waals surface area contributed by atoms with Crippen LogP contribution in [0.5, 0.6) is 0 Å². The van der Waals surface area contributed by atoms with Gasteiger partial charge in [-0.05, 0) is 29.7 Å². The van der Waals surface area contributed by atoms with Gasteiger partial charge >= 0.3 is 0 Å². The van der Waals surface area contributed by atoms with Crippen molar-refractivity contribution in [1.29, 1.82) is 0 Å². The minimum Gasteiger partial charge on any atom is -0.383 e. The van der Waals surface area contributed by atoms with Gasteiger partial charge in [0.1, 0.15) is 12.1 Å². The van der Waals surface area contributed by atoms with Gasteiger partial charge < -0.3 is 5.73 Å². The number of aromatic nitrogens is 3. The number of hydrogen-bond donors (Lipinski definition) is 1. The Morgan fingerprint density at radius 1 is 1.11 bits per heavy atom. The van der Waals surface area contributed by atoms with Gasteiger partial charge in [0.15, 0.2) is 5.65 Å². The Kier molecular flexibility index (Phi) is 2.37. The Morgan fingerprint density at radius 2 is 1.94 bits per heavy atom. The first kappa shape index (κ1) is 10.9. The molecule has 2 N–H and O–H groups in total. The molecule has 0 bridgehead atoms. The summed E-state index contributed by atoms with van der Waals surface area (Å²) in [6.45, 7) is 4.35. The standard InChI is InChI=1S/C14H14N4/c1-8(2)9-3-4-12-10(5-9)6-11-13(15)16-7-17-14(11)18-12/h3-8H,1-2H3,(H2,15,16,17,18). The summed E-state index contributed by atoms with van der Waals surface area (Å²) in [6.07, 6.45) is 1.44. The molecular formula is C14H14N4. The van der Waals surface area contributed by atoms with Crippen LogP contribution in [0.2, 0.25) is 0 Å². The molecule has 0 radical (unpaired) electrons. The summed E-state index contributed by atoms with van der Waals surface area (Å²) in [7, 11) is 0. The highest BCUT2D eigenvalue weighted by Crippen LogP contribution is 2.24. The third kappa shape index (κ3) is 1.66. The molecule has 2 aromatic heterocycles. The summed E-state index contributed by atoms with van der Waals surface area (Å²) in [6, 6.07) is 8.30. The molecule has 0 aliphatic carbocycles. The molecule has 18 heavy (non-hydrogen) atoms. The maximum Gasteiger partial charge on any atom is 0.165 e. The van der Waals surface area contributed by atoms with Crippen molar-refractivity contribution in [3.05, 3.63) is 36.2 Å². The van der Waals surface area contributed by atoms with Gasteiger partial charge in [0.2, 0.25) is 0 Å². The van der Waals surface area contributed by atoms with Crippen LogP contribution in [0.4, 0.5) is 5.82 Å². The first-order valence-corrected chi connectivity index (χ1v) is 5.96. The fourth-order valence-corrected chi connectivity index (χ4v) is 2.05. The number of anilines is 1. The van der Waals surface area contributed by atoms with Crippen LogP contribution in [0.3, 0.4) is 0 Å². The maximum absolute atomic E-state index is 5.85. The number of nitrogens with two attached hydrogens (primary N) is 1. The summed E-state index contributed by atoms with van der Waals surface area (Å²) >= 11 is 0. The molecule has 2 heterocycles. The molecule has 0 aliphatic heterocycles. The monoisotopic (exact) mass is 238 g/mol. The number of fused-ring (bicyclic) bond motifs is 2. The molecule has 4 nitrogen and oxygen atoms in total. The fraction of sp³-hybridized carbons (Fsp3) is 0.214. The van der Waals surface area contributed by atoms with Gasteiger partial charge in [-0.15, -0.1) is 0 Å². The molecule has 90 valence electrons. The predicted molar refractivity (Wildman–Crippen MR) is 73.3 cm³/mol. The SMILES string of the molecule is CC(C)c1ccc2nc3ncnc(N)c3cc2c1. The minimum atomic E-state index is 0.476.